The van der Waals surface area contributed by atoms with Crippen molar-refractivity contribution in [1.82, 2.24) is 9.88 Å². The molecule has 3 aromatic rings. The third-order valence-corrected chi connectivity index (χ3v) is 5.15. The predicted octanol–water partition coefficient (Wildman–Crippen LogP) is 3.65. The highest BCUT2D eigenvalue weighted by Crippen LogP contribution is 2.16. The summed E-state index contributed by atoms with van der Waals surface area (Å²) in [5.74, 6) is -1.45. The van der Waals surface area contributed by atoms with Gasteiger partial charge in [0.25, 0.3) is 5.91 Å². The zero-order valence-corrected chi connectivity index (χ0v) is 18.2. The molecule has 166 valence electrons. The van der Waals surface area contributed by atoms with Crippen molar-refractivity contribution in [3.8, 4) is 0 Å². The molecule has 7 heteroatoms. The number of ketones is 1. The number of esters is 1. The predicted molar refractivity (Wildman–Crippen MR) is 120 cm³/mol. The zero-order valence-electron chi connectivity index (χ0n) is 18.2. The summed E-state index contributed by atoms with van der Waals surface area (Å²) >= 11 is 0. The highest BCUT2D eigenvalue weighted by Gasteiger charge is 2.26. The molecular formula is C25H26N2O5. The first-order valence-electron chi connectivity index (χ1n) is 10.3. The topological polar surface area (TPSA) is 90.5 Å². The van der Waals surface area contributed by atoms with E-state index < -0.39 is 24.5 Å². The number of benzene rings is 1. The van der Waals surface area contributed by atoms with Crippen LogP contribution in [0.3, 0.4) is 0 Å². The van der Waals surface area contributed by atoms with E-state index in [0.717, 1.165) is 17.0 Å². The molecule has 32 heavy (non-hydrogen) atoms. The van der Waals surface area contributed by atoms with Gasteiger partial charge in [-0.15, -0.1) is 6.58 Å². The van der Waals surface area contributed by atoms with E-state index in [1.807, 2.05) is 48.7 Å². The van der Waals surface area contributed by atoms with Crippen LogP contribution in [0.1, 0.15) is 37.9 Å². The van der Waals surface area contributed by atoms with Gasteiger partial charge >= 0.3 is 5.97 Å². The lowest BCUT2D eigenvalue weighted by Gasteiger charge is -2.17. The van der Waals surface area contributed by atoms with E-state index >= 15 is 0 Å². The van der Waals surface area contributed by atoms with Gasteiger partial charge in [-0.25, -0.2) is 4.79 Å². The minimum atomic E-state index is -0.976. The van der Waals surface area contributed by atoms with E-state index in [-0.39, 0.29) is 18.0 Å². The van der Waals surface area contributed by atoms with E-state index in [4.69, 9.17) is 9.15 Å². The summed E-state index contributed by atoms with van der Waals surface area (Å²) < 4.78 is 12.4. The molecule has 1 atom stereocenters. The number of hydrogen-bond acceptors (Lipinski definition) is 5. The van der Waals surface area contributed by atoms with E-state index in [2.05, 4.69) is 11.9 Å². The maximum Gasteiger partial charge on any atom is 0.329 e. The molecule has 7 nitrogen and oxygen atoms in total. The molecule has 0 spiro atoms. The number of amides is 1. The van der Waals surface area contributed by atoms with Crippen LogP contribution in [0, 0.1) is 13.8 Å². The minimum Gasteiger partial charge on any atom is -0.459 e. The monoisotopic (exact) mass is 434 g/mol. The normalized spacial score (nSPS) is 11.6. The van der Waals surface area contributed by atoms with Gasteiger partial charge in [0.15, 0.2) is 12.4 Å². The zero-order chi connectivity index (χ0) is 23.1. The Morgan fingerprint density at radius 3 is 2.56 bits per heavy atom. The van der Waals surface area contributed by atoms with Crippen molar-refractivity contribution < 1.29 is 23.5 Å². The standard InChI is InChI=1S/C25H26N2O5/c1-4-12-27-17(2)14-20(18(27)3)22(28)16-32-25(30)21(15-19-9-6-5-7-10-19)26-24(29)23-11-8-13-31-23/h4-11,13-14,21H,1,12,15-16H2,2-3H3,(H,26,29)/t21-/m0/s1. The molecule has 1 amide bonds. The summed E-state index contributed by atoms with van der Waals surface area (Å²) in [5.41, 5.74) is 3.05. The Hall–Kier alpha value is -3.87. The molecule has 1 N–H and O–H groups in total. The Labute approximate surface area is 186 Å². The number of nitrogens with zero attached hydrogens (tertiary/aromatic N) is 1. The van der Waals surface area contributed by atoms with Crippen molar-refractivity contribution in [3.63, 3.8) is 0 Å². The van der Waals surface area contributed by atoms with E-state index in [9.17, 15) is 14.4 Å². The van der Waals surface area contributed by atoms with Crippen molar-refractivity contribution in [3.05, 3.63) is 95.7 Å². The second kappa shape index (κ2) is 10.4. The van der Waals surface area contributed by atoms with Crippen molar-refractivity contribution in [2.45, 2.75) is 32.9 Å². The van der Waals surface area contributed by atoms with Crippen LogP contribution in [0.2, 0.25) is 0 Å². The van der Waals surface area contributed by atoms with Gasteiger partial charge in [0.05, 0.1) is 6.26 Å². The minimum absolute atomic E-state index is 0.0848. The maximum absolute atomic E-state index is 12.8. The third-order valence-electron chi connectivity index (χ3n) is 5.15. The summed E-state index contributed by atoms with van der Waals surface area (Å²) in [6, 6.07) is 13.1. The summed E-state index contributed by atoms with van der Waals surface area (Å²) in [4.78, 5) is 37.9. The first kappa shape index (κ1) is 22.8. The Morgan fingerprint density at radius 1 is 1.16 bits per heavy atom. The van der Waals surface area contributed by atoms with Crippen molar-refractivity contribution >= 4 is 17.7 Å². The fraction of sp³-hybridized carbons (Fsp3) is 0.240. The van der Waals surface area contributed by atoms with Gasteiger partial charge in [-0.2, -0.15) is 0 Å². The molecule has 0 saturated carbocycles. The third kappa shape index (κ3) is 5.43. The molecule has 2 aromatic heterocycles. The largest absolute Gasteiger partial charge is 0.459 e. The SMILES string of the molecule is C=CCn1c(C)cc(C(=O)COC(=O)[C@H](Cc2ccccc2)NC(=O)c2ccco2)c1C. The second-order valence-electron chi connectivity index (χ2n) is 7.41. The van der Waals surface area contributed by atoms with Crippen molar-refractivity contribution in [2.24, 2.45) is 0 Å². The van der Waals surface area contributed by atoms with Crippen LogP contribution >= 0.6 is 0 Å². The quantitative estimate of drug-likeness (QED) is 0.299. The number of hydrogen-bond donors (Lipinski definition) is 1. The molecule has 0 unspecified atom stereocenters. The number of nitrogens with one attached hydrogen (secondary N) is 1. The molecule has 1 aromatic carbocycles. The lowest BCUT2D eigenvalue weighted by atomic mass is 10.1. The smallest absolute Gasteiger partial charge is 0.329 e. The fourth-order valence-electron chi connectivity index (χ4n) is 3.49. The van der Waals surface area contributed by atoms with E-state index in [0.29, 0.717) is 12.1 Å². The van der Waals surface area contributed by atoms with Crippen molar-refractivity contribution in [2.75, 3.05) is 6.61 Å². The van der Waals surface area contributed by atoms with E-state index in [1.54, 1.807) is 18.2 Å². The average molecular weight is 434 g/mol. The number of rotatable bonds is 10. The number of Topliss-reactive ketones (excluding diaryl/α,β-unsaturated/α-hetero) is 1. The van der Waals surface area contributed by atoms with Gasteiger partial charge in [0.2, 0.25) is 5.78 Å². The molecule has 0 fully saturated rings. The molecule has 0 aliphatic carbocycles. The van der Waals surface area contributed by atoms with Crippen LogP contribution in [0.15, 0.2) is 71.9 Å². The Morgan fingerprint density at radius 2 is 1.91 bits per heavy atom. The number of carbonyl (C=O) groups excluding carboxylic acids is 3. The van der Waals surface area contributed by atoms with Gasteiger partial charge < -0.3 is 19.0 Å². The molecule has 0 aliphatic rings. The van der Waals surface area contributed by atoms with Gasteiger partial charge in [-0.3, -0.25) is 9.59 Å². The number of ether oxygens (including phenoxy) is 1. The van der Waals surface area contributed by atoms with E-state index in [1.165, 1.54) is 12.3 Å². The van der Waals surface area contributed by atoms with Crippen LogP contribution in [0.25, 0.3) is 0 Å². The summed E-state index contributed by atoms with van der Waals surface area (Å²) in [6.45, 7) is 7.64. The van der Waals surface area contributed by atoms with Crippen LogP contribution in [0.4, 0.5) is 0 Å². The molecule has 0 radical (unpaired) electrons. The first-order chi connectivity index (χ1) is 15.4. The van der Waals surface area contributed by atoms with Gasteiger partial charge in [-0.1, -0.05) is 36.4 Å². The average Bonchev–Trinajstić information content (AvgIpc) is 3.42. The Kier molecular flexibility index (Phi) is 7.44. The first-order valence-corrected chi connectivity index (χ1v) is 10.3. The Bertz CT molecular complexity index is 1100. The maximum atomic E-state index is 12.8. The Balaban J connectivity index is 1.70. The number of aromatic nitrogens is 1. The molecular weight excluding hydrogens is 408 g/mol. The summed E-state index contributed by atoms with van der Waals surface area (Å²) in [5, 5.41) is 2.64. The lowest BCUT2D eigenvalue weighted by Crippen LogP contribution is -2.43. The van der Waals surface area contributed by atoms with Gasteiger partial charge in [0, 0.05) is 29.9 Å². The second-order valence-corrected chi connectivity index (χ2v) is 7.41. The van der Waals surface area contributed by atoms with Crippen LogP contribution in [-0.4, -0.2) is 34.9 Å². The number of carbonyl (C=O) groups is 3. The fourth-order valence-corrected chi connectivity index (χ4v) is 3.49. The van der Waals surface area contributed by atoms with Gasteiger partial charge in [0.1, 0.15) is 6.04 Å². The number of allylic oxidation sites excluding steroid dienone is 1. The van der Waals surface area contributed by atoms with Crippen LogP contribution < -0.4 is 5.32 Å². The highest BCUT2D eigenvalue weighted by atomic mass is 16.5. The molecule has 0 aliphatic heterocycles. The highest BCUT2D eigenvalue weighted by molar-refractivity contribution is 6.00. The summed E-state index contributed by atoms with van der Waals surface area (Å²) in [6.07, 6.45) is 3.35. The molecule has 2 heterocycles. The number of furan rings is 1. The molecule has 3 rings (SSSR count). The van der Waals surface area contributed by atoms with Crippen molar-refractivity contribution in [1.29, 1.82) is 0 Å². The molecule has 0 bridgehead atoms. The number of aryl methyl sites for hydroxylation is 1. The van der Waals surface area contributed by atoms with Crippen LogP contribution in [-0.2, 0) is 22.5 Å². The van der Waals surface area contributed by atoms with Crippen LogP contribution in [0.5, 0.6) is 0 Å². The summed E-state index contributed by atoms with van der Waals surface area (Å²) in [7, 11) is 0. The lowest BCUT2D eigenvalue weighted by molar-refractivity contribution is -0.144. The molecule has 0 saturated heterocycles. The van der Waals surface area contributed by atoms with Gasteiger partial charge in [-0.05, 0) is 37.6 Å².